The highest BCUT2D eigenvalue weighted by molar-refractivity contribution is 5.85. The minimum Gasteiger partial charge on any atom is -0.385 e. The quantitative estimate of drug-likeness (QED) is 0.663. The third-order valence-electron chi connectivity index (χ3n) is 3.02. The first kappa shape index (κ1) is 14.6. The summed E-state index contributed by atoms with van der Waals surface area (Å²) >= 11 is 0. The Hall–Kier alpha value is -1.83. The van der Waals surface area contributed by atoms with Crippen LogP contribution in [-0.2, 0) is 14.3 Å². The molecule has 1 aliphatic heterocycles. The molecule has 0 bridgehead atoms. The van der Waals surface area contributed by atoms with E-state index in [0.29, 0.717) is 5.56 Å². The van der Waals surface area contributed by atoms with Gasteiger partial charge >= 0.3 is 0 Å². The summed E-state index contributed by atoms with van der Waals surface area (Å²) in [6.07, 6.45) is -2.23. The van der Waals surface area contributed by atoms with Crippen LogP contribution < -0.4 is 0 Å². The molecule has 1 fully saturated rings. The van der Waals surface area contributed by atoms with Crippen LogP contribution in [0.1, 0.15) is 25.5 Å². The lowest BCUT2D eigenvalue weighted by molar-refractivity contribution is -0.384. The summed E-state index contributed by atoms with van der Waals surface area (Å²) in [7, 11) is 0. The van der Waals surface area contributed by atoms with Crippen molar-refractivity contribution in [3.8, 4) is 0 Å². The number of Topliss-reactive ketones (excluding diaryl/α,β-unsaturated/α-hetero) is 1. The molecule has 7 nitrogen and oxygen atoms in total. The number of nitro groups is 1. The number of nitrogens with zero attached hydrogens (tertiary/aromatic N) is 1. The van der Waals surface area contributed by atoms with E-state index in [0.717, 1.165) is 0 Å². The highest BCUT2D eigenvalue weighted by Gasteiger charge is 2.39. The molecule has 1 aromatic carbocycles. The lowest BCUT2D eigenvalue weighted by Crippen LogP contribution is -2.48. The van der Waals surface area contributed by atoms with Crippen LogP contribution in [0.2, 0.25) is 0 Å². The van der Waals surface area contributed by atoms with Gasteiger partial charge in [0.15, 0.2) is 17.7 Å². The molecule has 0 aromatic heterocycles. The number of hydrogen-bond acceptors (Lipinski definition) is 6. The molecule has 0 spiro atoms. The van der Waals surface area contributed by atoms with Crippen molar-refractivity contribution in [1.82, 2.24) is 0 Å². The van der Waals surface area contributed by atoms with Gasteiger partial charge < -0.3 is 14.6 Å². The van der Waals surface area contributed by atoms with Crippen LogP contribution in [0.3, 0.4) is 0 Å². The second-order valence-corrected chi connectivity index (χ2v) is 4.99. The highest BCUT2D eigenvalue weighted by Crippen LogP contribution is 2.29. The second kappa shape index (κ2) is 5.28. The minimum atomic E-state index is -1.19. The standard InChI is InChI=1S/C13H15NO6/c1-13(2)19-7-10(15)12(20-13)11(16)8-3-5-9(6-4-8)14(17)18/h3-6,11-12,16H,7H2,1-2H3/t11-,12-/m0/s1. The molecule has 0 aliphatic carbocycles. The predicted octanol–water partition coefficient (Wildman–Crippen LogP) is 1.35. The van der Waals surface area contributed by atoms with Gasteiger partial charge in [-0.05, 0) is 31.5 Å². The summed E-state index contributed by atoms with van der Waals surface area (Å²) in [6, 6.07) is 5.35. The van der Waals surface area contributed by atoms with Crippen LogP contribution in [0.5, 0.6) is 0 Å². The second-order valence-electron chi connectivity index (χ2n) is 4.99. The van der Waals surface area contributed by atoms with Gasteiger partial charge in [0, 0.05) is 12.1 Å². The number of aliphatic hydroxyl groups excluding tert-OH is 1. The Morgan fingerprint density at radius 2 is 2.00 bits per heavy atom. The van der Waals surface area contributed by atoms with E-state index in [2.05, 4.69) is 0 Å². The number of rotatable bonds is 3. The number of aliphatic hydroxyl groups is 1. The Morgan fingerprint density at radius 1 is 1.40 bits per heavy atom. The normalized spacial score (nSPS) is 23.4. The molecule has 0 radical (unpaired) electrons. The number of nitro benzene ring substituents is 1. The summed E-state index contributed by atoms with van der Waals surface area (Å²) in [5.74, 6) is -1.32. The third-order valence-corrected chi connectivity index (χ3v) is 3.02. The largest absolute Gasteiger partial charge is 0.385 e. The molecular formula is C13H15NO6. The maximum atomic E-state index is 11.8. The van der Waals surface area contributed by atoms with E-state index in [1.54, 1.807) is 13.8 Å². The fraction of sp³-hybridized carbons (Fsp3) is 0.462. The fourth-order valence-corrected chi connectivity index (χ4v) is 1.94. The van der Waals surface area contributed by atoms with E-state index in [-0.39, 0.29) is 18.1 Å². The molecule has 2 atom stereocenters. The average Bonchev–Trinajstić information content (AvgIpc) is 2.41. The van der Waals surface area contributed by atoms with Gasteiger partial charge in [-0.25, -0.2) is 0 Å². The van der Waals surface area contributed by atoms with Gasteiger partial charge in [-0.3, -0.25) is 14.9 Å². The zero-order valence-corrected chi connectivity index (χ0v) is 11.1. The number of non-ortho nitro benzene ring substituents is 1. The molecule has 0 unspecified atom stereocenters. The molecule has 20 heavy (non-hydrogen) atoms. The molecule has 108 valence electrons. The first-order valence-corrected chi connectivity index (χ1v) is 6.07. The Morgan fingerprint density at radius 3 is 2.55 bits per heavy atom. The van der Waals surface area contributed by atoms with Crippen molar-refractivity contribution < 1.29 is 24.3 Å². The summed E-state index contributed by atoms with van der Waals surface area (Å²) in [5, 5.41) is 20.8. The average molecular weight is 281 g/mol. The lowest BCUT2D eigenvalue weighted by atomic mass is 10.00. The van der Waals surface area contributed by atoms with E-state index in [1.807, 2.05) is 0 Å². The van der Waals surface area contributed by atoms with Crippen molar-refractivity contribution in [3.63, 3.8) is 0 Å². The van der Waals surface area contributed by atoms with Crippen molar-refractivity contribution in [2.45, 2.75) is 31.8 Å². The molecule has 0 amide bonds. The lowest BCUT2D eigenvalue weighted by Gasteiger charge is -2.36. The molecule has 0 saturated carbocycles. The zero-order valence-electron chi connectivity index (χ0n) is 11.1. The number of carbonyl (C=O) groups is 1. The first-order valence-electron chi connectivity index (χ1n) is 6.07. The first-order chi connectivity index (χ1) is 9.30. The van der Waals surface area contributed by atoms with Gasteiger partial charge in [0.05, 0.1) is 4.92 Å². The van der Waals surface area contributed by atoms with Gasteiger partial charge in [-0.1, -0.05) is 0 Å². The van der Waals surface area contributed by atoms with E-state index in [1.165, 1.54) is 24.3 Å². The highest BCUT2D eigenvalue weighted by atomic mass is 16.7. The van der Waals surface area contributed by atoms with Crippen molar-refractivity contribution in [2.24, 2.45) is 0 Å². The maximum Gasteiger partial charge on any atom is 0.269 e. The molecule has 2 rings (SSSR count). The van der Waals surface area contributed by atoms with Gasteiger partial charge in [0.25, 0.3) is 5.69 Å². The van der Waals surface area contributed by atoms with Gasteiger partial charge in [-0.2, -0.15) is 0 Å². The van der Waals surface area contributed by atoms with Gasteiger partial charge in [0.2, 0.25) is 0 Å². The number of hydrogen-bond donors (Lipinski definition) is 1. The van der Waals surface area contributed by atoms with Gasteiger partial charge in [0.1, 0.15) is 12.7 Å². The summed E-state index contributed by atoms with van der Waals surface area (Å²) < 4.78 is 10.6. The Bertz CT molecular complexity index is 524. The predicted molar refractivity (Wildman–Crippen MR) is 68.0 cm³/mol. The Balaban J connectivity index is 2.19. The van der Waals surface area contributed by atoms with Crippen molar-refractivity contribution in [2.75, 3.05) is 6.61 Å². The number of ketones is 1. The Kier molecular flexibility index (Phi) is 3.85. The van der Waals surface area contributed by atoms with Crippen molar-refractivity contribution in [1.29, 1.82) is 0 Å². The minimum absolute atomic E-state index is 0.0829. The smallest absolute Gasteiger partial charge is 0.269 e. The van der Waals surface area contributed by atoms with Gasteiger partial charge in [-0.15, -0.1) is 0 Å². The molecule has 1 N–H and O–H groups in total. The molecule has 7 heteroatoms. The topological polar surface area (TPSA) is 98.9 Å². The van der Waals surface area contributed by atoms with E-state index >= 15 is 0 Å². The summed E-state index contributed by atoms with van der Waals surface area (Å²) in [4.78, 5) is 21.8. The number of ether oxygens (including phenoxy) is 2. The third kappa shape index (κ3) is 3.01. The maximum absolute atomic E-state index is 11.8. The SMILES string of the molecule is CC1(C)OCC(=O)[C@@H]([C@@H](O)c2ccc([N+](=O)[O-])cc2)O1. The number of benzene rings is 1. The molecule has 1 saturated heterocycles. The molecule has 1 aromatic rings. The molecular weight excluding hydrogens is 266 g/mol. The fourth-order valence-electron chi connectivity index (χ4n) is 1.94. The molecule has 1 heterocycles. The van der Waals surface area contributed by atoms with Crippen molar-refractivity contribution >= 4 is 11.5 Å². The van der Waals surface area contributed by atoms with Crippen LogP contribution in [0.25, 0.3) is 0 Å². The van der Waals surface area contributed by atoms with E-state index < -0.39 is 22.9 Å². The van der Waals surface area contributed by atoms with Crippen LogP contribution in [0.15, 0.2) is 24.3 Å². The van der Waals surface area contributed by atoms with Crippen LogP contribution in [-0.4, -0.2) is 34.3 Å². The molecule has 1 aliphatic rings. The van der Waals surface area contributed by atoms with E-state index in [4.69, 9.17) is 9.47 Å². The van der Waals surface area contributed by atoms with Crippen LogP contribution in [0, 0.1) is 10.1 Å². The monoisotopic (exact) mass is 281 g/mol. The van der Waals surface area contributed by atoms with E-state index in [9.17, 15) is 20.0 Å². The summed E-state index contributed by atoms with van der Waals surface area (Å²) in [5.41, 5.74) is 0.298. The van der Waals surface area contributed by atoms with Crippen LogP contribution >= 0.6 is 0 Å². The summed E-state index contributed by atoms with van der Waals surface area (Å²) in [6.45, 7) is 3.16. The van der Waals surface area contributed by atoms with Crippen LogP contribution in [0.4, 0.5) is 5.69 Å². The Labute approximate surface area is 115 Å². The number of carbonyl (C=O) groups excluding carboxylic acids is 1. The zero-order chi connectivity index (χ0) is 14.9. The van der Waals surface area contributed by atoms with Crippen molar-refractivity contribution in [3.05, 3.63) is 39.9 Å².